The van der Waals surface area contributed by atoms with Crippen LogP contribution in [0.25, 0.3) is 0 Å². The van der Waals surface area contributed by atoms with Gasteiger partial charge in [-0.2, -0.15) is 0 Å². The standard InChI is InChI=1S/C22H46O9/c1-3-5-6-24-9-10-26-13-14-28-17-18-30-21-22-31-20-19-29-16-15-27-12-11-25-8-7-23-4-2/h3-22H2,1-2H3. The van der Waals surface area contributed by atoms with Crippen molar-refractivity contribution >= 4 is 0 Å². The Balaban J connectivity index is 2.98. The van der Waals surface area contributed by atoms with Crippen molar-refractivity contribution in [2.45, 2.75) is 26.7 Å². The van der Waals surface area contributed by atoms with Gasteiger partial charge in [0.05, 0.1) is 106 Å². The van der Waals surface area contributed by atoms with Crippen LogP contribution in [0.15, 0.2) is 0 Å². The fourth-order valence-electron chi connectivity index (χ4n) is 2.15. The van der Waals surface area contributed by atoms with E-state index >= 15 is 0 Å². The lowest BCUT2D eigenvalue weighted by molar-refractivity contribution is -0.0248. The van der Waals surface area contributed by atoms with Crippen molar-refractivity contribution in [1.82, 2.24) is 0 Å². The smallest absolute Gasteiger partial charge is 0.0701 e. The number of hydrogen-bond acceptors (Lipinski definition) is 9. The molecular formula is C22H46O9. The van der Waals surface area contributed by atoms with E-state index in [0.29, 0.717) is 106 Å². The third-order valence-corrected chi connectivity index (χ3v) is 3.82. The predicted molar refractivity (Wildman–Crippen MR) is 118 cm³/mol. The maximum absolute atomic E-state index is 5.44. The highest BCUT2D eigenvalue weighted by molar-refractivity contribution is 4.38. The number of ether oxygens (including phenoxy) is 9. The van der Waals surface area contributed by atoms with Gasteiger partial charge in [-0.25, -0.2) is 0 Å². The second-order valence-electron chi connectivity index (χ2n) is 6.45. The quantitative estimate of drug-likeness (QED) is 0.165. The SMILES string of the molecule is CCCCOCCOCCOCCOCCOCCOCCOCCOCCOCC. The Bertz CT molecular complexity index is 281. The molecule has 9 heteroatoms. The Morgan fingerprint density at radius 3 is 0.742 bits per heavy atom. The Labute approximate surface area is 188 Å². The minimum atomic E-state index is 0.542. The molecule has 188 valence electrons. The van der Waals surface area contributed by atoms with Crippen LogP contribution in [-0.4, -0.2) is 119 Å². The molecule has 0 aromatic carbocycles. The Kier molecular flexibility index (Phi) is 29.3. The number of rotatable bonds is 28. The molecule has 0 radical (unpaired) electrons. The Morgan fingerprint density at radius 1 is 0.290 bits per heavy atom. The van der Waals surface area contributed by atoms with Crippen molar-refractivity contribution in [2.24, 2.45) is 0 Å². The van der Waals surface area contributed by atoms with Crippen molar-refractivity contribution in [3.63, 3.8) is 0 Å². The molecule has 0 spiro atoms. The summed E-state index contributed by atoms with van der Waals surface area (Å²) in [5.41, 5.74) is 0. The lowest BCUT2D eigenvalue weighted by Gasteiger charge is -2.08. The highest BCUT2D eigenvalue weighted by Crippen LogP contribution is 1.88. The molecule has 0 unspecified atom stereocenters. The lowest BCUT2D eigenvalue weighted by Crippen LogP contribution is -2.15. The van der Waals surface area contributed by atoms with Gasteiger partial charge in [0.2, 0.25) is 0 Å². The maximum atomic E-state index is 5.44. The van der Waals surface area contributed by atoms with E-state index in [4.69, 9.17) is 42.6 Å². The number of hydrogen-bond donors (Lipinski definition) is 0. The molecule has 31 heavy (non-hydrogen) atoms. The minimum Gasteiger partial charge on any atom is -0.379 e. The van der Waals surface area contributed by atoms with Crippen LogP contribution < -0.4 is 0 Å². The molecule has 0 N–H and O–H groups in total. The lowest BCUT2D eigenvalue weighted by atomic mass is 10.4. The molecule has 0 saturated carbocycles. The molecule has 0 amide bonds. The summed E-state index contributed by atoms with van der Waals surface area (Å²) in [5.74, 6) is 0. The summed E-state index contributed by atoms with van der Waals surface area (Å²) in [6.07, 6.45) is 2.26. The van der Waals surface area contributed by atoms with E-state index in [1.54, 1.807) is 0 Å². The molecule has 0 atom stereocenters. The zero-order chi connectivity index (χ0) is 22.5. The van der Waals surface area contributed by atoms with Gasteiger partial charge < -0.3 is 42.6 Å². The normalized spacial score (nSPS) is 11.4. The van der Waals surface area contributed by atoms with E-state index in [2.05, 4.69) is 6.92 Å². The molecule has 0 aliphatic heterocycles. The van der Waals surface area contributed by atoms with E-state index in [0.717, 1.165) is 26.1 Å². The van der Waals surface area contributed by atoms with Crippen LogP contribution in [-0.2, 0) is 42.6 Å². The first-order chi connectivity index (χ1) is 15.4. The van der Waals surface area contributed by atoms with Crippen LogP contribution in [0.4, 0.5) is 0 Å². The fourth-order valence-corrected chi connectivity index (χ4v) is 2.15. The average Bonchev–Trinajstić information content (AvgIpc) is 2.78. The Hall–Kier alpha value is -0.360. The van der Waals surface area contributed by atoms with E-state index in [9.17, 15) is 0 Å². The molecular weight excluding hydrogens is 408 g/mol. The molecule has 0 fully saturated rings. The summed E-state index contributed by atoms with van der Waals surface area (Å²) in [5, 5.41) is 0. The largest absolute Gasteiger partial charge is 0.379 e. The zero-order valence-corrected chi connectivity index (χ0v) is 19.8. The highest BCUT2D eigenvalue weighted by Gasteiger charge is 1.95. The third kappa shape index (κ3) is 29.6. The van der Waals surface area contributed by atoms with E-state index < -0.39 is 0 Å². The van der Waals surface area contributed by atoms with Crippen molar-refractivity contribution in [3.05, 3.63) is 0 Å². The summed E-state index contributed by atoms with van der Waals surface area (Å²) in [7, 11) is 0. The average molecular weight is 455 g/mol. The second kappa shape index (κ2) is 29.6. The second-order valence-corrected chi connectivity index (χ2v) is 6.45. The van der Waals surface area contributed by atoms with Crippen molar-refractivity contribution in [2.75, 3.05) is 119 Å². The van der Waals surface area contributed by atoms with Crippen LogP contribution in [0.5, 0.6) is 0 Å². The molecule has 0 saturated heterocycles. The first-order valence-corrected chi connectivity index (χ1v) is 11.6. The van der Waals surface area contributed by atoms with E-state index in [-0.39, 0.29) is 0 Å². The van der Waals surface area contributed by atoms with Crippen molar-refractivity contribution < 1.29 is 42.6 Å². The molecule has 0 aliphatic rings. The van der Waals surface area contributed by atoms with Crippen LogP contribution in [0.2, 0.25) is 0 Å². The minimum absolute atomic E-state index is 0.542. The first-order valence-electron chi connectivity index (χ1n) is 11.6. The monoisotopic (exact) mass is 454 g/mol. The topological polar surface area (TPSA) is 83.1 Å². The van der Waals surface area contributed by atoms with Gasteiger partial charge >= 0.3 is 0 Å². The van der Waals surface area contributed by atoms with Gasteiger partial charge in [0.15, 0.2) is 0 Å². The van der Waals surface area contributed by atoms with Gasteiger partial charge in [-0.3, -0.25) is 0 Å². The van der Waals surface area contributed by atoms with Gasteiger partial charge in [0.25, 0.3) is 0 Å². The Morgan fingerprint density at radius 2 is 0.516 bits per heavy atom. The fraction of sp³-hybridized carbons (Fsp3) is 1.00. The number of unbranched alkanes of at least 4 members (excludes halogenated alkanes) is 1. The van der Waals surface area contributed by atoms with Crippen LogP contribution in [0, 0.1) is 0 Å². The molecule has 0 aliphatic carbocycles. The molecule has 0 rings (SSSR count). The molecule has 9 nitrogen and oxygen atoms in total. The van der Waals surface area contributed by atoms with Crippen LogP contribution >= 0.6 is 0 Å². The van der Waals surface area contributed by atoms with Gasteiger partial charge in [0, 0.05) is 13.2 Å². The van der Waals surface area contributed by atoms with Gasteiger partial charge in [-0.15, -0.1) is 0 Å². The molecule has 0 heterocycles. The van der Waals surface area contributed by atoms with Crippen molar-refractivity contribution in [3.8, 4) is 0 Å². The van der Waals surface area contributed by atoms with Gasteiger partial charge in [-0.05, 0) is 13.3 Å². The summed E-state index contributed by atoms with van der Waals surface area (Å²) >= 11 is 0. The van der Waals surface area contributed by atoms with Crippen molar-refractivity contribution in [1.29, 1.82) is 0 Å². The highest BCUT2D eigenvalue weighted by atomic mass is 16.6. The summed E-state index contributed by atoms with van der Waals surface area (Å²) in [4.78, 5) is 0. The molecule has 0 aromatic heterocycles. The summed E-state index contributed by atoms with van der Waals surface area (Å²) in [6, 6.07) is 0. The maximum Gasteiger partial charge on any atom is 0.0701 e. The van der Waals surface area contributed by atoms with E-state index in [1.807, 2.05) is 6.92 Å². The molecule has 0 bridgehead atoms. The van der Waals surface area contributed by atoms with Crippen LogP contribution in [0.3, 0.4) is 0 Å². The first kappa shape index (κ1) is 30.6. The van der Waals surface area contributed by atoms with Crippen LogP contribution in [0.1, 0.15) is 26.7 Å². The van der Waals surface area contributed by atoms with E-state index in [1.165, 1.54) is 0 Å². The zero-order valence-electron chi connectivity index (χ0n) is 19.8. The molecule has 0 aromatic rings. The summed E-state index contributed by atoms with van der Waals surface area (Å²) < 4.78 is 48.5. The van der Waals surface area contributed by atoms with Gasteiger partial charge in [-0.1, -0.05) is 13.3 Å². The predicted octanol–water partition coefficient (Wildman–Crippen LogP) is 1.96. The third-order valence-electron chi connectivity index (χ3n) is 3.82. The summed E-state index contributed by atoms with van der Waals surface area (Å²) in [6.45, 7) is 14.8. The van der Waals surface area contributed by atoms with Gasteiger partial charge in [0.1, 0.15) is 0 Å².